The summed E-state index contributed by atoms with van der Waals surface area (Å²) in [5.41, 5.74) is 1.68. The highest BCUT2D eigenvalue weighted by Crippen LogP contribution is 2.17. The number of nitrogens with one attached hydrogen (secondary N) is 1. The van der Waals surface area contributed by atoms with E-state index in [1.54, 1.807) is 10.9 Å². The van der Waals surface area contributed by atoms with Crippen LogP contribution in [0.5, 0.6) is 0 Å². The minimum absolute atomic E-state index is 0.0945. The Kier molecular flexibility index (Phi) is 5.21. The number of nitrogens with zero attached hydrogens (tertiary/aromatic N) is 4. The molecule has 1 unspecified atom stereocenters. The zero-order chi connectivity index (χ0) is 15.6. The maximum atomic E-state index is 12.2. The quantitative estimate of drug-likeness (QED) is 0.811. The van der Waals surface area contributed by atoms with Crippen molar-refractivity contribution in [1.82, 2.24) is 24.9 Å². The summed E-state index contributed by atoms with van der Waals surface area (Å²) in [5.74, 6) is -0.0945. The minimum Gasteiger partial charge on any atom is -0.348 e. The van der Waals surface area contributed by atoms with E-state index in [-0.39, 0.29) is 11.9 Å². The lowest BCUT2D eigenvalue weighted by atomic mass is 10.3. The number of aryl methyl sites for hydroxylation is 2. The molecular weight excluding hydrogens is 402 g/mol. The summed E-state index contributed by atoms with van der Waals surface area (Å²) in [6, 6.07) is -0.373. The number of hydrogen-bond acceptors (Lipinski definition) is 3. The number of rotatable bonds is 5. The van der Waals surface area contributed by atoms with Crippen molar-refractivity contribution in [2.45, 2.75) is 39.9 Å². The first-order chi connectivity index (χ1) is 9.92. The predicted octanol–water partition coefficient (Wildman–Crippen LogP) is 2.81. The lowest BCUT2D eigenvalue weighted by Gasteiger charge is -2.12. The van der Waals surface area contributed by atoms with Crippen molar-refractivity contribution in [1.29, 1.82) is 0 Å². The number of carbonyl (C=O) groups excluding carboxylic acids is 1. The van der Waals surface area contributed by atoms with Crippen LogP contribution >= 0.6 is 31.9 Å². The second-order valence-corrected chi connectivity index (χ2v) is 6.42. The molecule has 6 nitrogen and oxygen atoms in total. The normalized spacial score (nSPS) is 12.4. The number of amides is 1. The van der Waals surface area contributed by atoms with Crippen molar-refractivity contribution in [3.05, 3.63) is 32.7 Å². The van der Waals surface area contributed by atoms with Crippen LogP contribution in [0.4, 0.5) is 0 Å². The average Bonchev–Trinajstić information content (AvgIpc) is 2.98. The topological polar surface area (TPSA) is 64.7 Å². The van der Waals surface area contributed by atoms with Gasteiger partial charge in [-0.05, 0) is 52.6 Å². The summed E-state index contributed by atoms with van der Waals surface area (Å²) < 4.78 is 5.26. The molecule has 0 radical (unpaired) electrons. The smallest absolute Gasteiger partial charge is 0.244 e. The molecule has 2 heterocycles. The Morgan fingerprint density at radius 2 is 2.05 bits per heavy atom. The third-order valence-electron chi connectivity index (χ3n) is 3.17. The van der Waals surface area contributed by atoms with Crippen LogP contribution in [-0.2, 0) is 17.9 Å². The molecule has 21 heavy (non-hydrogen) atoms. The Bertz CT molecular complexity index is 630. The van der Waals surface area contributed by atoms with Gasteiger partial charge in [-0.25, -0.2) is 0 Å². The summed E-state index contributed by atoms with van der Waals surface area (Å²) in [6.07, 6.45) is 3.71. The summed E-state index contributed by atoms with van der Waals surface area (Å²) in [4.78, 5) is 12.2. The van der Waals surface area contributed by atoms with Gasteiger partial charge in [-0.2, -0.15) is 10.2 Å². The third-order valence-corrected chi connectivity index (χ3v) is 4.62. The van der Waals surface area contributed by atoms with Crippen molar-refractivity contribution in [2.24, 2.45) is 0 Å². The molecule has 0 spiro atoms. The largest absolute Gasteiger partial charge is 0.348 e. The lowest BCUT2D eigenvalue weighted by Crippen LogP contribution is -2.31. The molecule has 0 aliphatic heterocycles. The van der Waals surface area contributed by atoms with Crippen LogP contribution in [0.2, 0.25) is 0 Å². The molecule has 0 bridgehead atoms. The fraction of sp³-hybridized carbons (Fsp3) is 0.462. The van der Waals surface area contributed by atoms with E-state index in [1.165, 1.54) is 0 Å². The first-order valence-corrected chi connectivity index (χ1v) is 8.21. The van der Waals surface area contributed by atoms with Crippen LogP contribution in [0.1, 0.15) is 31.3 Å². The van der Waals surface area contributed by atoms with Crippen LogP contribution in [0.15, 0.2) is 21.3 Å². The van der Waals surface area contributed by atoms with Gasteiger partial charge >= 0.3 is 0 Å². The van der Waals surface area contributed by atoms with Crippen molar-refractivity contribution >= 4 is 37.8 Å². The lowest BCUT2D eigenvalue weighted by molar-refractivity contribution is -0.124. The zero-order valence-electron chi connectivity index (χ0n) is 12.1. The molecule has 2 rings (SSSR count). The average molecular weight is 419 g/mol. The van der Waals surface area contributed by atoms with Crippen LogP contribution in [0.25, 0.3) is 0 Å². The molecule has 1 N–H and O–H groups in total. The van der Waals surface area contributed by atoms with Gasteiger partial charge in [0, 0.05) is 18.9 Å². The van der Waals surface area contributed by atoms with Gasteiger partial charge in [0.25, 0.3) is 0 Å². The maximum absolute atomic E-state index is 12.2. The van der Waals surface area contributed by atoms with Gasteiger partial charge in [0.15, 0.2) is 0 Å². The van der Waals surface area contributed by atoms with Crippen molar-refractivity contribution in [3.8, 4) is 0 Å². The van der Waals surface area contributed by atoms with Gasteiger partial charge in [-0.15, -0.1) is 0 Å². The molecular formula is C13H17Br2N5O. The Balaban J connectivity index is 1.99. The second-order valence-electron chi connectivity index (χ2n) is 4.72. The van der Waals surface area contributed by atoms with Gasteiger partial charge < -0.3 is 5.32 Å². The number of carbonyl (C=O) groups is 1. The molecule has 2 aromatic rings. The van der Waals surface area contributed by atoms with Crippen LogP contribution in [-0.4, -0.2) is 25.5 Å². The molecule has 1 amide bonds. The van der Waals surface area contributed by atoms with Gasteiger partial charge in [0.1, 0.15) is 6.04 Å². The highest BCUT2D eigenvalue weighted by molar-refractivity contribution is 9.10. The molecule has 0 saturated carbocycles. The van der Waals surface area contributed by atoms with Crippen LogP contribution < -0.4 is 5.32 Å². The summed E-state index contributed by atoms with van der Waals surface area (Å²) in [6.45, 7) is 6.90. The summed E-state index contributed by atoms with van der Waals surface area (Å²) >= 11 is 6.84. The molecule has 0 aliphatic rings. The minimum atomic E-state index is -0.373. The Hall–Kier alpha value is -1.15. The van der Waals surface area contributed by atoms with E-state index in [4.69, 9.17) is 0 Å². The number of halogens is 2. The second kappa shape index (κ2) is 6.74. The molecule has 0 fully saturated rings. The zero-order valence-corrected chi connectivity index (χ0v) is 15.3. The summed E-state index contributed by atoms with van der Waals surface area (Å²) in [5, 5.41) is 11.6. The predicted molar refractivity (Wildman–Crippen MR) is 86.8 cm³/mol. The Morgan fingerprint density at radius 3 is 2.57 bits per heavy atom. The molecule has 0 saturated heterocycles. The number of hydrogen-bond donors (Lipinski definition) is 1. The van der Waals surface area contributed by atoms with Gasteiger partial charge in [-0.3, -0.25) is 14.2 Å². The van der Waals surface area contributed by atoms with E-state index < -0.39 is 0 Å². The standard InChI is InChI=1S/C13H17Br2N5O/c1-4-19-6-11(15)12(18-19)5-16-13(21)9(3)20-7-10(14)8(2)17-20/h6-7,9H,4-5H2,1-3H3,(H,16,21). The third kappa shape index (κ3) is 3.74. The van der Waals surface area contributed by atoms with Crippen molar-refractivity contribution in [2.75, 3.05) is 0 Å². The molecule has 1 atom stereocenters. The molecule has 8 heteroatoms. The monoisotopic (exact) mass is 417 g/mol. The van der Waals surface area contributed by atoms with E-state index in [2.05, 4.69) is 47.4 Å². The van der Waals surface area contributed by atoms with Gasteiger partial charge in [-0.1, -0.05) is 0 Å². The highest BCUT2D eigenvalue weighted by Gasteiger charge is 2.17. The van der Waals surface area contributed by atoms with Crippen molar-refractivity contribution in [3.63, 3.8) is 0 Å². The molecule has 0 aromatic carbocycles. The Morgan fingerprint density at radius 1 is 1.33 bits per heavy atom. The van der Waals surface area contributed by atoms with Crippen LogP contribution in [0.3, 0.4) is 0 Å². The molecule has 0 aliphatic carbocycles. The van der Waals surface area contributed by atoms with E-state index >= 15 is 0 Å². The summed E-state index contributed by atoms with van der Waals surface area (Å²) in [7, 11) is 0. The Labute approximate surface area is 140 Å². The van der Waals surface area contributed by atoms with Crippen molar-refractivity contribution < 1.29 is 4.79 Å². The van der Waals surface area contributed by atoms with E-state index in [1.807, 2.05) is 31.6 Å². The van der Waals surface area contributed by atoms with Gasteiger partial charge in [0.05, 0.1) is 26.9 Å². The van der Waals surface area contributed by atoms with Crippen LogP contribution in [0, 0.1) is 6.92 Å². The number of aromatic nitrogens is 4. The van der Waals surface area contributed by atoms with E-state index in [9.17, 15) is 4.79 Å². The first-order valence-electron chi connectivity index (χ1n) is 6.63. The fourth-order valence-electron chi connectivity index (χ4n) is 1.82. The fourth-order valence-corrected chi connectivity index (χ4v) is 2.56. The van der Waals surface area contributed by atoms with E-state index in [0.29, 0.717) is 6.54 Å². The highest BCUT2D eigenvalue weighted by atomic mass is 79.9. The van der Waals surface area contributed by atoms with E-state index in [0.717, 1.165) is 26.9 Å². The van der Waals surface area contributed by atoms with Gasteiger partial charge in [0.2, 0.25) is 5.91 Å². The maximum Gasteiger partial charge on any atom is 0.244 e. The molecule has 114 valence electrons. The molecule has 2 aromatic heterocycles. The SMILES string of the molecule is CCn1cc(Br)c(CNC(=O)C(C)n2cc(Br)c(C)n2)n1. The first kappa shape index (κ1) is 16.2.